The number of nitro groups is 1. The molecule has 2 aromatic carbocycles. The first-order chi connectivity index (χ1) is 17.5. The van der Waals surface area contributed by atoms with Crippen molar-refractivity contribution in [2.75, 3.05) is 51.8 Å². The molecule has 0 N–H and O–H groups in total. The van der Waals surface area contributed by atoms with E-state index >= 15 is 0 Å². The van der Waals surface area contributed by atoms with Gasteiger partial charge >= 0.3 is 0 Å². The van der Waals surface area contributed by atoms with Gasteiger partial charge in [0.05, 0.1) is 23.3 Å². The number of fused-ring (bicyclic) bond motifs is 1. The molecule has 36 heavy (non-hydrogen) atoms. The van der Waals surface area contributed by atoms with Crippen LogP contribution in [0.5, 0.6) is 17.4 Å². The third-order valence-electron chi connectivity index (χ3n) is 6.71. The quantitative estimate of drug-likeness (QED) is 0.364. The number of nitro benzene ring substituents is 1. The summed E-state index contributed by atoms with van der Waals surface area (Å²) in [7, 11) is 3.74. The van der Waals surface area contributed by atoms with E-state index in [2.05, 4.69) is 21.7 Å². The molecule has 10 heteroatoms. The largest absolute Gasteiger partial charge is 0.497 e. The molecule has 1 aromatic heterocycles. The van der Waals surface area contributed by atoms with Crippen molar-refractivity contribution in [3.8, 4) is 17.4 Å². The minimum Gasteiger partial charge on any atom is -0.497 e. The third kappa shape index (κ3) is 5.24. The minimum absolute atomic E-state index is 0.137. The van der Waals surface area contributed by atoms with Crippen molar-refractivity contribution >= 4 is 11.6 Å². The Kier molecular flexibility index (Phi) is 6.97. The zero-order valence-electron chi connectivity index (χ0n) is 20.6. The third-order valence-corrected chi connectivity index (χ3v) is 6.71. The summed E-state index contributed by atoms with van der Waals surface area (Å²) in [6, 6.07) is 14.4. The maximum Gasteiger partial charge on any atom is 0.273 e. The van der Waals surface area contributed by atoms with E-state index in [1.807, 2.05) is 36.4 Å². The van der Waals surface area contributed by atoms with E-state index in [0.29, 0.717) is 48.4 Å². The van der Waals surface area contributed by atoms with Crippen LogP contribution < -0.4 is 14.4 Å². The van der Waals surface area contributed by atoms with Crippen LogP contribution >= 0.6 is 0 Å². The van der Waals surface area contributed by atoms with Crippen LogP contribution in [0.25, 0.3) is 0 Å². The van der Waals surface area contributed by atoms with Crippen molar-refractivity contribution in [3.05, 3.63) is 75.5 Å². The average Bonchev–Trinajstić information content (AvgIpc) is 2.89. The van der Waals surface area contributed by atoms with Gasteiger partial charge in [-0.1, -0.05) is 24.3 Å². The van der Waals surface area contributed by atoms with E-state index in [1.165, 1.54) is 0 Å². The Morgan fingerprint density at radius 2 is 1.78 bits per heavy atom. The van der Waals surface area contributed by atoms with Gasteiger partial charge in [0.15, 0.2) is 0 Å². The van der Waals surface area contributed by atoms with Crippen LogP contribution in [0.2, 0.25) is 0 Å². The zero-order valence-corrected chi connectivity index (χ0v) is 20.6. The van der Waals surface area contributed by atoms with Crippen molar-refractivity contribution in [3.63, 3.8) is 0 Å². The Morgan fingerprint density at radius 3 is 2.56 bits per heavy atom. The summed E-state index contributed by atoms with van der Waals surface area (Å²) in [6.07, 6.45) is 0.716. The number of ether oxygens (including phenoxy) is 2. The van der Waals surface area contributed by atoms with Crippen LogP contribution in [0.15, 0.2) is 48.5 Å². The molecule has 2 aliphatic rings. The predicted molar refractivity (Wildman–Crippen MR) is 136 cm³/mol. The molecule has 0 unspecified atom stereocenters. The number of methoxy groups -OCH3 is 1. The van der Waals surface area contributed by atoms with Gasteiger partial charge in [-0.2, -0.15) is 4.98 Å². The molecule has 3 aromatic rings. The number of aromatic nitrogens is 2. The molecule has 5 rings (SSSR count). The number of anilines is 1. The van der Waals surface area contributed by atoms with Crippen molar-refractivity contribution in [1.82, 2.24) is 19.8 Å². The van der Waals surface area contributed by atoms with Crippen molar-refractivity contribution in [1.29, 1.82) is 0 Å². The molecule has 0 radical (unpaired) electrons. The molecule has 0 aliphatic carbocycles. The number of hydrogen-bond acceptors (Lipinski definition) is 9. The molecule has 1 fully saturated rings. The summed E-state index contributed by atoms with van der Waals surface area (Å²) in [5, 5.41) is 11.5. The highest BCUT2D eigenvalue weighted by Gasteiger charge is 2.27. The second-order valence-corrected chi connectivity index (χ2v) is 9.17. The van der Waals surface area contributed by atoms with Gasteiger partial charge in [0.2, 0.25) is 11.8 Å². The van der Waals surface area contributed by atoms with Gasteiger partial charge < -0.3 is 19.3 Å². The molecule has 2 aliphatic heterocycles. The number of nitrogens with zero attached hydrogens (tertiary/aromatic N) is 6. The first-order valence-electron chi connectivity index (χ1n) is 12.1. The van der Waals surface area contributed by atoms with Gasteiger partial charge in [0.1, 0.15) is 11.5 Å². The summed E-state index contributed by atoms with van der Waals surface area (Å²) in [4.78, 5) is 27.7. The average molecular weight is 491 g/mol. The molecule has 0 spiro atoms. The number of hydrogen-bond donors (Lipinski definition) is 0. The zero-order chi connectivity index (χ0) is 25.1. The summed E-state index contributed by atoms with van der Waals surface area (Å²) in [6.45, 7) is 5.39. The number of rotatable bonds is 7. The topological polar surface area (TPSA) is 97.1 Å². The fourth-order valence-electron chi connectivity index (χ4n) is 4.63. The lowest BCUT2D eigenvalue weighted by molar-refractivity contribution is -0.385. The smallest absolute Gasteiger partial charge is 0.273 e. The molecule has 0 amide bonds. The Bertz CT molecular complexity index is 1240. The highest BCUT2D eigenvalue weighted by atomic mass is 16.6. The van der Waals surface area contributed by atoms with Crippen molar-refractivity contribution in [2.45, 2.75) is 19.5 Å². The highest BCUT2D eigenvalue weighted by Crippen LogP contribution is 2.33. The van der Waals surface area contributed by atoms with Crippen LogP contribution in [0.1, 0.15) is 16.8 Å². The van der Waals surface area contributed by atoms with Gasteiger partial charge in [-0.15, -0.1) is 0 Å². The van der Waals surface area contributed by atoms with Crippen molar-refractivity contribution in [2.24, 2.45) is 0 Å². The molecule has 188 valence electrons. The lowest BCUT2D eigenvalue weighted by atomic mass is 10.0. The Balaban J connectivity index is 1.46. The van der Waals surface area contributed by atoms with Gasteiger partial charge in [-0.05, 0) is 19.2 Å². The maximum absolute atomic E-state index is 11.5. The number of piperazine rings is 1. The van der Waals surface area contributed by atoms with E-state index in [9.17, 15) is 10.1 Å². The van der Waals surface area contributed by atoms with Crippen LogP contribution in [0.4, 0.5) is 11.6 Å². The molecule has 0 saturated carbocycles. The maximum atomic E-state index is 11.5. The van der Waals surface area contributed by atoms with E-state index in [0.717, 1.165) is 44.0 Å². The van der Waals surface area contributed by atoms with Gasteiger partial charge in [0.25, 0.3) is 5.69 Å². The number of para-hydroxylation sites is 1. The fourth-order valence-corrected chi connectivity index (χ4v) is 4.63. The second-order valence-electron chi connectivity index (χ2n) is 9.17. The van der Waals surface area contributed by atoms with Crippen molar-refractivity contribution < 1.29 is 14.4 Å². The molecule has 0 bridgehead atoms. The summed E-state index contributed by atoms with van der Waals surface area (Å²) in [5.41, 5.74) is 2.71. The molecule has 10 nitrogen and oxygen atoms in total. The Labute approximate surface area is 210 Å². The minimum atomic E-state index is -0.323. The van der Waals surface area contributed by atoms with E-state index < -0.39 is 0 Å². The SMILES string of the molecule is COc1cccc(Oc2nc(N3CCN(C)CC3)nc3c2CN(Cc2ccccc2[N+](=O)[O-])CC3)c1. The van der Waals surface area contributed by atoms with E-state index in [4.69, 9.17) is 19.4 Å². The highest BCUT2D eigenvalue weighted by molar-refractivity contribution is 5.45. The van der Waals surface area contributed by atoms with Crippen LogP contribution in [-0.2, 0) is 19.5 Å². The summed E-state index contributed by atoms with van der Waals surface area (Å²) >= 11 is 0. The molecular weight excluding hydrogens is 460 g/mol. The Morgan fingerprint density at radius 1 is 1.00 bits per heavy atom. The van der Waals surface area contributed by atoms with Crippen LogP contribution in [0.3, 0.4) is 0 Å². The number of likely N-dealkylation sites (N-methyl/N-ethyl adjacent to an activating group) is 1. The van der Waals surface area contributed by atoms with Gasteiger partial charge in [-0.25, -0.2) is 4.98 Å². The number of benzene rings is 2. The standard InChI is InChI=1S/C26H30N6O4/c1-29-12-14-31(15-13-29)26-27-23-10-11-30(17-19-6-3-4-9-24(19)32(33)34)18-22(23)25(28-26)36-21-8-5-7-20(16-21)35-2/h3-9,16H,10-15,17-18H2,1-2H3. The molecule has 3 heterocycles. The lowest BCUT2D eigenvalue weighted by Gasteiger charge is -2.34. The predicted octanol–water partition coefficient (Wildman–Crippen LogP) is 3.50. The first kappa shape index (κ1) is 24.0. The van der Waals surface area contributed by atoms with Crippen LogP contribution in [0, 0.1) is 10.1 Å². The summed E-state index contributed by atoms with van der Waals surface area (Å²) < 4.78 is 11.7. The molecule has 0 atom stereocenters. The van der Waals surface area contributed by atoms with Gasteiger partial charge in [0, 0.05) is 69.9 Å². The fraction of sp³-hybridized carbons (Fsp3) is 0.385. The van der Waals surface area contributed by atoms with Crippen LogP contribution in [-0.4, -0.2) is 71.6 Å². The normalized spacial score (nSPS) is 16.4. The monoisotopic (exact) mass is 490 g/mol. The van der Waals surface area contributed by atoms with E-state index in [-0.39, 0.29) is 10.6 Å². The second kappa shape index (κ2) is 10.5. The lowest BCUT2D eigenvalue weighted by Crippen LogP contribution is -2.45. The first-order valence-corrected chi connectivity index (χ1v) is 12.1. The summed E-state index contributed by atoms with van der Waals surface area (Å²) in [5.74, 6) is 2.55. The molecule has 1 saturated heterocycles. The van der Waals surface area contributed by atoms with E-state index in [1.54, 1.807) is 19.2 Å². The molecular formula is C26H30N6O4. The van der Waals surface area contributed by atoms with Gasteiger partial charge in [-0.3, -0.25) is 15.0 Å². The Hall–Kier alpha value is -3.76.